The van der Waals surface area contributed by atoms with Crippen LogP contribution in [0.4, 0.5) is 0 Å². The van der Waals surface area contributed by atoms with Crippen LogP contribution in [0.1, 0.15) is 31.2 Å². The Morgan fingerprint density at radius 1 is 1.00 bits per heavy atom. The molecule has 0 spiro atoms. The van der Waals surface area contributed by atoms with Gasteiger partial charge in [0.05, 0.1) is 0 Å². The van der Waals surface area contributed by atoms with E-state index in [1.807, 2.05) is 0 Å². The third-order valence-electron chi connectivity index (χ3n) is 2.72. The highest BCUT2D eigenvalue weighted by molar-refractivity contribution is 5.19. The summed E-state index contributed by atoms with van der Waals surface area (Å²) in [4.78, 5) is 0. The van der Waals surface area contributed by atoms with Gasteiger partial charge >= 0.3 is 0 Å². The number of rotatable bonds is 2. The molecule has 2 rings (SSSR count). The summed E-state index contributed by atoms with van der Waals surface area (Å²) in [7, 11) is 0. The second-order valence-corrected chi connectivity index (χ2v) is 3.76. The minimum Gasteiger partial charge on any atom is -0.0809 e. The monoisotopic (exact) mass is 172 g/mol. The van der Waals surface area contributed by atoms with E-state index in [-0.39, 0.29) is 0 Å². The molecule has 1 saturated carbocycles. The predicted octanol–water partition coefficient (Wildman–Crippen LogP) is 3.73. The first-order valence-corrected chi connectivity index (χ1v) is 5.17. The van der Waals surface area contributed by atoms with Crippen molar-refractivity contribution < 1.29 is 0 Å². The van der Waals surface area contributed by atoms with Crippen molar-refractivity contribution in [1.29, 1.82) is 0 Å². The minimum atomic E-state index is 1.12. The zero-order chi connectivity index (χ0) is 8.93. The van der Waals surface area contributed by atoms with Gasteiger partial charge in [0.15, 0.2) is 0 Å². The zero-order valence-electron chi connectivity index (χ0n) is 8.00. The Kier molecular flexibility index (Phi) is 2.81. The summed E-state index contributed by atoms with van der Waals surface area (Å²) in [5.41, 5.74) is 3.10. The molecule has 0 nitrogen and oxygen atoms in total. The van der Waals surface area contributed by atoms with E-state index in [1.54, 1.807) is 5.57 Å². The fourth-order valence-corrected chi connectivity index (χ4v) is 1.91. The predicted molar refractivity (Wildman–Crippen MR) is 56.7 cm³/mol. The molecule has 0 bridgehead atoms. The van der Waals surface area contributed by atoms with Crippen molar-refractivity contribution in [1.82, 2.24) is 0 Å². The summed E-state index contributed by atoms with van der Waals surface area (Å²) in [5.74, 6) is 0. The fraction of sp³-hybridized carbons (Fsp3) is 0.385. The Morgan fingerprint density at radius 3 is 2.38 bits per heavy atom. The highest BCUT2D eigenvalue weighted by Gasteiger charge is 2.04. The molecule has 13 heavy (non-hydrogen) atoms. The maximum absolute atomic E-state index is 2.42. The van der Waals surface area contributed by atoms with Crippen molar-refractivity contribution in [3.05, 3.63) is 47.5 Å². The highest BCUT2D eigenvalue weighted by Crippen LogP contribution is 2.23. The van der Waals surface area contributed by atoms with E-state index in [1.165, 1.54) is 31.2 Å². The van der Waals surface area contributed by atoms with Gasteiger partial charge < -0.3 is 0 Å². The molecule has 0 aliphatic heterocycles. The van der Waals surface area contributed by atoms with Crippen molar-refractivity contribution >= 4 is 0 Å². The third-order valence-corrected chi connectivity index (χ3v) is 2.72. The lowest BCUT2D eigenvalue weighted by Crippen LogP contribution is -1.81. The summed E-state index contributed by atoms with van der Waals surface area (Å²) >= 11 is 0. The quantitative estimate of drug-likeness (QED) is 0.596. The summed E-state index contributed by atoms with van der Waals surface area (Å²) in [6.07, 6.45) is 9.03. The molecule has 1 aliphatic rings. The van der Waals surface area contributed by atoms with Gasteiger partial charge in [-0.3, -0.25) is 0 Å². The van der Waals surface area contributed by atoms with Crippen molar-refractivity contribution in [2.45, 2.75) is 32.1 Å². The number of allylic oxidation sites excluding steroid dienone is 2. The van der Waals surface area contributed by atoms with Crippen LogP contribution in [0, 0.1) is 0 Å². The topological polar surface area (TPSA) is 0 Å². The molecule has 0 heterocycles. The van der Waals surface area contributed by atoms with Gasteiger partial charge in [-0.2, -0.15) is 0 Å². The van der Waals surface area contributed by atoms with E-state index >= 15 is 0 Å². The first kappa shape index (κ1) is 8.55. The Labute approximate surface area is 80.3 Å². The number of hydrogen-bond acceptors (Lipinski definition) is 0. The minimum absolute atomic E-state index is 1.12. The summed E-state index contributed by atoms with van der Waals surface area (Å²) < 4.78 is 0. The molecule has 0 saturated heterocycles. The molecule has 0 heteroatoms. The van der Waals surface area contributed by atoms with Gasteiger partial charge in [-0.25, -0.2) is 0 Å². The van der Waals surface area contributed by atoms with Gasteiger partial charge in [0.2, 0.25) is 0 Å². The second kappa shape index (κ2) is 4.27. The molecular formula is C13H16. The fourth-order valence-electron chi connectivity index (χ4n) is 1.91. The average molecular weight is 172 g/mol. The molecule has 1 aliphatic carbocycles. The summed E-state index contributed by atoms with van der Waals surface area (Å²) in [6, 6.07) is 10.7. The second-order valence-electron chi connectivity index (χ2n) is 3.76. The van der Waals surface area contributed by atoms with Crippen LogP contribution in [0.25, 0.3) is 0 Å². The van der Waals surface area contributed by atoms with E-state index in [2.05, 4.69) is 36.4 Å². The van der Waals surface area contributed by atoms with E-state index < -0.39 is 0 Å². The van der Waals surface area contributed by atoms with Crippen LogP contribution >= 0.6 is 0 Å². The molecule has 68 valence electrons. The van der Waals surface area contributed by atoms with Gasteiger partial charge in [0, 0.05) is 0 Å². The van der Waals surface area contributed by atoms with Crippen LogP contribution in [0.3, 0.4) is 0 Å². The molecule has 0 unspecified atom stereocenters. The van der Waals surface area contributed by atoms with Gasteiger partial charge in [-0.15, -0.1) is 0 Å². The van der Waals surface area contributed by atoms with E-state index in [9.17, 15) is 0 Å². The van der Waals surface area contributed by atoms with Crippen LogP contribution in [0.15, 0.2) is 42.0 Å². The van der Waals surface area contributed by atoms with Crippen LogP contribution in [0.2, 0.25) is 0 Å². The molecule has 0 N–H and O–H groups in total. The number of hydrogen-bond donors (Lipinski definition) is 0. The molecule has 0 atom stereocenters. The number of benzene rings is 1. The first-order chi connectivity index (χ1) is 6.45. The molecule has 0 amide bonds. The zero-order valence-corrected chi connectivity index (χ0v) is 8.00. The third kappa shape index (κ3) is 2.45. The molecule has 1 aromatic rings. The average Bonchev–Trinajstić information content (AvgIpc) is 2.69. The highest BCUT2D eigenvalue weighted by atomic mass is 14.1. The molecule has 0 aromatic heterocycles. The SMILES string of the molecule is C(Cc1ccccc1)=C1CCCC1. The maximum atomic E-state index is 2.42. The van der Waals surface area contributed by atoms with Crippen LogP contribution in [-0.2, 0) is 6.42 Å². The van der Waals surface area contributed by atoms with Crippen molar-refractivity contribution in [3.63, 3.8) is 0 Å². The van der Waals surface area contributed by atoms with E-state index in [0.29, 0.717) is 0 Å². The van der Waals surface area contributed by atoms with Crippen LogP contribution in [0.5, 0.6) is 0 Å². The van der Waals surface area contributed by atoms with E-state index in [0.717, 1.165) is 6.42 Å². The normalized spacial score (nSPS) is 16.2. The van der Waals surface area contributed by atoms with Gasteiger partial charge in [0.1, 0.15) is 0 Å². The Morgan fingerprint density at radius 2 is 1.69 bits per heavy atom. The van der Waals surface area contributed by atoms with E-state index in [4.69, 9.17) is 0 Å². The van der Waals surface area contributed by atoms with Gasteiger partial charge in [0.25, 0.3) is 0 Å². The molecule has 0 radical (unpaired) electrons. The Hall–Kier alpha value is -1.04. The lowest BCUT2D eigenvalue weighted by atomic mass is 10.1. The molecular weight excluding hydrogens is 156 g/mol. The van der Waals surface area contributed by atoms with Crippen LogP contribution in [-0.4, -0.2) is 0 Å². The largest absolute Gasteiger partial charge is 0.0809 e. The first-order valence-electron chi connectivity index (χ1n) is 5.17. The molecule has 1 aromatic carbocycles. The molecule has 1 fully saturated rings. The van der Waals surface area contributed by atoms with Crippen LogP contribution < -0.4 is 0 Å². The standard InChI is InChI=1S/C13H16/c1-2-6-12(7-3-1)10-11-13-8-4-5-9-13/h1-3,6-7,11H,4-5,8-10H2. The van der Waals surface area contributed by atoms with Gasteiger partial charge in [-0.05, 0) is 37.7 Å². The maximum Gasteiger partial charge on any atom is -0.00948 e. The lowest BCUT2D eigenvalue weighted by molar-refractivity contribution is 0.886. The van der Waals surface area contributed by atoms with Crippen molar-refractivity contribution in [2.24, 2.45) is 0 Å². The Balaban J connectivity index is 1.95. The van der Waals surface area contributed by atoms with Crippen molar-refractivity contribution in [3.8, 4) is 0 Å². The van der Waals surface area contributed by atoms with Crippen molar-refractivity contribution in [2.75, 3.05) is 0 Å². The summed E-state index contributed by atoms with van der Waals surface area (Å²) in [6.45, 7) is 0. The smallest absolute Gasteiger partial charge is 0.00948 e. The Bertz CT molecular complexity index is 274. The summed E-state index contributed by atoms with van der Waals surface area (Å²) in [5, 5.41) is 0. The lowest BCUT2D eigenvalue weighted by Gasteiger charge is -1.97. The van der Waals surface area contributed by atoms with Gasteiger partial charge in [-0.1, -0.05) is 42.0 Å².